The Kier molecular flexibility index (Phi) is 5.58. The Morgan fingerprint density at radius 2 is 2.16 bits per heavy atom. The molecule has 0 aromatic heterocycles. The minimum absolute atomic E-state index is 0.0474. The Labute approximate surface area is 143 Å². The number of methoxy groups -OCH3 is 1. The minimum atomic E-state index is -1.61. The molecule has 1 heterocycles. The summed E-state index contributed by atoms with van der Waals surface area (Å²) >= 11 is 0. The molecule has 1 aliphatic rings. The highest BCUT2D eigenvalue weighted by molar-refractivity contribution is 6.00. The summed E-state index contributed by atoms with van der Waals surface area (Å²) in [5, 5.41) is 15.3. The molecule has 130 valence electrons. The van der Waals surface area contributed by atoms with E-state index in [1.54, 1.807) is 18.2 Å². The Balaban J connectivity index is 2.24. The second-order valence-corrected chi connectivity index (χ2v) is 4.98. The summed E-state index contributed by atoms with van der Waals surface area (Å²) in [5.41, 5.74) is 0.621. The van der Waals surface area contributed by atoms with E-state index in [2.05, 4.69) is 11.2 Å². The lowest BCUT2D eigenvalue weighted by atomic mass is 10.0. The largest absolute Gasteiger partial charge is 0.493 e. The predicted molar refractivity (Wildman–Crippen MR) is 87.6 cm³/mol. The van der Waals surface area contributed by atoms with Gasteiger partial charge in [0.1, 0.15) is 12.6 Å². The molecule has 0 radical (unpaired) electrons. The van der Waals surface area contributed by atoms with Crippen LogP contribution in [0.25, 0.3) is 6.08 Å². The molecule has 0 aliphatic carbocycles. The molecular formula is C16H15N3O6. The molecule has 2 unspecified atom stereocenters. The van der Waals surface area contributed by atoms with Crippen molar-refractivity contribution in [1.29, 1.82) is 0 Å². The zero-order valence-electron chi connectivity index (χ0n) is 13.2. The lowest BCUT2D eigenvalue weighted by Crippen LogP contribution is -2.62. The van der Waals surface area contributed by atoms with E-state index in [4.69, 9.17) is 15.9 Å². The standard InChI is InChI=1S/C16H15N3O6/c1-3-8-25-13-9-10(5-7-12(13)24-2)4-6-11-14(19(22)23)15(20)18-16(21)17-11/h1,4-7,9,11,14H,8H2,2H3,(H2,17,18,20,21)/b6-4+. The van der Waals surface area contributed by atoms with Crippen molar-refractivity contribution in [3.8, 4) is 23.8 Å². The Bertz CT molecular complexity index is 768. The van der Waals surface area contributed by atoms with Crippen LogP contribution in [0, 0.1) is 22.5 Å². The fraction of sp³-hybridized carbons (Fsp3) is 0.250. The maximum atomic E-state index is 11.6. The quantitative estimate of drug-likeness (QED) is 0.442. The number of nitro groups is 1. The van der Waals surface area contributed by atoms with Crippen LogP contribution in [0.1, 0.15) is 5.56 Å². The van der Waals surface area contributed by atoms with Gasteiger partial charge in [0.05, 0.1) is 7.11 Å². The van der Waals surface area contributed by atoms with Crippen LogP contribution < -0.4 is 20.1 Å². The van der Waals surface area contributed by atoms with Crippen LogP contribution in [0.5, 0.6) is 11.5 Å². The third kappa shape index (κ3) is 4.26. The number of carbonyl (C=O) groups excluding carboxylic acids is 2. The van der Waals surface area contributed by atoms with Gasteiger partial charge in [-0.3, -0.25) is 20.2 Å². The van der Waals surface area contributed by atoms with E-state index in [-0.39, 0.29) is 6.61 Å². The van der Waals surface area contributed by atoms with Gasteiger partial charge in [-0.05, 0) is 17.7 Å². The van der Waals surface area contributed by atoms with Crippen LogP contribution in [0.2, 0.25) is 0 Å². The lowest BCUT2D eigenvalue weighted by molar-refractivity contribution is -0.510. The van der Waals surface area contributed by atoms with Crippen molar-refractivity contribution in [2.24, 2.45) is 0 Å². The second-order valence-electron chi connectivity index (χ2n) is 4.98. The first-order valence-corrected chi connectivity index (χ1v) is 7.13. The van der Waals surface area contributed by atoms with E-state index in [9.17, 15) is 19.7 Å². The van der Waals surface area contributed by atoms with Gasteiger partial charge in [0.2, 0.25) is 0 Å². The van der Waals surface area contributed by atoms with E-state index < -0.39 is 28.9 Å². The summed E-state index contributed by atoms with van der Waals surface area (Å²) in [7, 11) is 1.48. The molecule has 2 atom stereocenters. The minimum Gasteiger partial charge on any atom is -0.493 e. The number of carbonyl (C=O) groups is 2. The summed E-state index contributed by atoms with van der Waals surface area (Å²) < 4.78 is 10.5. The molecule has 0 saturated carbocycles. The molecule has 1 aliphatic heterocycles. The highest BCUT2D eigenvalue weighted by Crippen LogP contribution is 2.28. The fourth-order valence-corrected chi connectivity index (χ4v) is 2.24. The number of terminal acetylenes is 1. The first-order chi connectivity index (χ1) is 12.0. The number of hydrogen-bond acceptors (Lipinski definition) is 6. The number of nitrogens with zero attached hydrogens (tertiary/aromatic N) is 1. The van der Waals surface area contributed by atoms with Gasteiger partial charge >= 0.3 is 18.0 Å². The molecule has 2 rings (SSSR count). The highest BCUT2D eigenvalue weighted by atomic mass is 16.6. The third-order valence-corrected chi connectivity index (χ3v) is 3.37. The molecule has 1 fully saturated rings. The van der Waals surface area contributed by atoms with E-state index in [0.29, 0.717) is 17.1 Å². The molecule has 1 aromatic rings. The average Bonchev–Trinajstić information content (AvgIpc) is 2.57. The van der Waals surface area contributed by atoms with E-state index in [1.807, 2.05) is 5.32 Å². The number of hydrogen-bond donors (Lipinski definition) is 2. The van der Waals surface area contributed by atoms with Crippen LogP contribution >= 0.6 is 0 Å². The Morgan fingerprint density at radius 1 is 1.40 bits per heavy atom. The lowest BCUT2D eigenvalue weighted by Gasteiger charge is -2.23. The van der Waals surface area contributed by atoms with Gasteiger partial charge in [0.15, 0.2) is 11.5 Å². The van der Waals surface area contributed by atoms with Crippen molar-refractivity contribution >= 4 is 18.0 Å². The van der Waals surface area contributed by atoms with Gasteiger partial charge in [-0.15, -0.1) is 6.42 Å². The third-order valence-electron chi connectivity index (χ3n) is 3.37. The summed E-state index contributed by atoms with van der Waals surface area (Å²) in [6.07, 6.45) is 8.06. The van der Waals surface area contributed by atoms with Crippen molar-refractivity contribution in [1.82, 2.24) is 10.6 Å². The molecule has 9 nitrogen and oxygen atoms in total. The average molecular weight is 345 g/mol. The molecule has 0 spiro atoms. The first kappa shape index (κ1) is 17.8. The topological polar surface area (TPSA) is 120 Å². The number of nitrogens with one attached hydrogen (secondary N) is 2. The normalized spacial score (nSPS) is 19.7. The molecule has 3 amide bonds. The molecule has 25 heavy (non-hydrogen) atoms. The maximum Gasteiger partial charge on any atom is 0.322 e. The monoisotopic (exact) mass is 345 g/mol. The van der Waals surface area contributed by atoms with Crippen LogP contribution in [-0.4, -0.2) is 42.7 Å². The van der Waals surface area contributed by atoms with Gasteiger partial charge < -0.3 is 14.8 Å². The fourth-order valence-electron chi connectivity index (χ4n) is 2.24. The smallest absolute Gasteiger partial charge is 0.322 e. The number of ether oxygens (including phenoxy) is 2. The SMILES string of the molecule is C#CCOc1cc(/C=C/C2NC(=O)NC(=O)C2[N+](=O)[O-])ccc1OC. The summed E-state index contributed by atoms with van der Waals surface area (Å²) in [6.45, 7) is 0.0474. The van der Waals surface area contributed by atoms with Crippen molar-refractivity contribution in [3.63, 3.8) is 0 Å². The van der Waals surface area contributed by atoms with E-state index >= 15 is 0 Å². The Hall–Kier alpha value is -3.54. The van der Waals surface area contributed by atoms with Crippen molar-refractivity contribution in [3.05, 3.63) is 40.0 Å². The molecule has 2 N–H and O–H groups in total. The molecule has 1 aromatic carbocycles. The first-order valence-electron chi connectivity index (χ1n) is 7.13. The van der Waals surface area contributed by atoms with Crippen molar-refractivity contribution in [2.45, 2.75) is 12.1 Å². The summed E-state index contributed by atoms with van der Waals surface area (Å²) in [6, 6.07) is 1.48. The summed E-state index contributed by atoms with van der Waals surface area (Å²) in [4.78, 5) is 33.3. The van der Waals surface area contributed by atoms with E-state index in [0.717, 1.165) is 0 Å². The zero-order chi connectivity index (χ0) is 18.4. The number of urea groups is 1. The maximum absolute atomic E-state index is 11.6. The van der Waals surface area contributed by atoms with Gasteiger partial charge in [-0.25, -0.2) is 4.79 Å². The molecule has 9 heteroatoms. The highest BCUT2D eigenvalue weighted by Gasteiger charge is 2.43. The van der Waals surface area contributed by atoms with Gasteiger partial charge in [0.25, 0.3) is 0 Å². The number of imide groups is 1. The van der Waals surface area contributed by atoms with Gasteiger partial charge in [0, 0.05) is 4.92 Å². The molecule has 1 saturated heterocycles. The van der Waals surface area contributed by atoms with Crippen molar-refractivity contribution in [2.75, 3.05) is 13.7 Å². The number of amides is 3. The van der Waals surface area contributed by atoms with Gasteiger partial charge in [-0.2, -0.15) is 0 Å². The number of rotatable bonds is 6. The molecular weight excluding hydrogens is 330 g/mol. The zero-order valence-corrected chi connectivity index (χ0v) is 13.2. The van der Waals surface area contributed by atoms with Gasteiger partial charge in [-0.1, -0.05) is 24.1 Å². The predicted octanol–water partition coefficient (Wildman–Crippen LogP) is 0.574. The van der Waals surface area contributed by atoms with Crippen LogP contribution in [-0.2, 0) is 4.79 Å². The van der Waals surface area contributed by atoms with Crippen LogP contribution in [0.3, 0.4) is 0 Å². The van der Waals surface area contributed by atoms with E-state index in [1.165, 1.54) is 19.3 Å². The number of benzene rings is 1. The second kappa shape index (κ2) is 7.83. The summed E-state index contributed by atoms with van der Waals surface area (Å²) in [5.74, 6) is 2.25. The molecule has 0 bridgehead atoms. The van der Waals surface area contributed by atoms with Crippen molar-refractivity contribution < 1.29 is 24.0 Å². The van der Waals surface area contributed by atoms with Crippen LogP contribution in [0.15, 0.2) is 24.3 Å². The van der Waals surface area contributed by atoms with Crippen LogP contribution in [0.4, 0.5) is 4.79 Å². The Morgan fingerprint density at radius 3 is 2.80 bits per heavy atom.